The monoisotopic (exact) mass is 302 g/mol. The Labute approximate surface area is 128 Å². The van der Waals surface area contributed by atoms with Crippen molar-refractivity contribution in [2.45, 2.75) is 32.7 Å². The minimum Gasteiger partial charge on any atom is -0.365 e. The molecule has 2 aromatic heterocycles. The lowest BCUT2D eigenvalue weighted by atomic mass is 10.1. The van der Waals surface area contributed by atoms with Crippen molar-refractivity contribution < 1.29 is 4.39 Å². The highest BCUT2D eigenvalue weighted by Crippen LogP contribution is 2.23. The Balaban J connectivity index is 1.73. The van der Waals surface area contributed by atoms with E-state index in [0.29, 0.717) is 18.1 Å². The molecule has 1 N–H and O–H groups in total. The van der Waals surface area contributed by atoms with Crippen LogP contribution in [0.25, 0.3) is 0 Å². The fraction of sp³-hybridized carbons (Fsp3) is 0.467. The first kappa shape index (κ1) is 14.6. The van der Waals surface area contributed by atoms with Crippen LogP contribution in [0, 0.1) is 19.7 Å². The molecular weight excluding hydrogens is 283 g/mol. The molecule has 0 radical (unpaired) electrons. The minimum absolute atomic E-state index is 0.206. The highest BCUT2D eigenvalue weighted by molar-refractivity contribution is 5.43. The van der Waals surface area contributed by atoms with Crippen LogP contribution in [0.15, 0.2) is 18.7 Å². The van der Waals surface area contributed by atoms with Gasteiger partial charge in [-0.2, -0.15) is 0 Å². The molecule has 1 unspecified atom stereocenters. The zero-order valence-corrected chi connectivity index (χ0v) is 12.8. The molecule has 0 amide bonds. The average Bonchev–Trinajstić information content (AvgIpc) is 2.50. The van der Waals surface area contributed by atoms with Gasteiger partial charge in [-0.25, -0.2) is 24.3 Å². The van der Waals surface area contributed by atoms with Crippen molar-refractivity contribution >= 4 is 11.6 Å². The van der Waals surface area contributed by atoms with Gasteiger partial charge in [0.15, 0.2) is 11.6 Å². The van der Waals surface area contributed by atoms with Gasteiger partial charge in [-0.1, -0.05) is 0 Å². The zero-order valence-electron chi connectivity index (χ0n) is 12.8. The second-order valence-electron chi connectivity index (χ2n) is 5.57. The third-order valence-corrected chi connectivity index (χ3v) is 3.82. The molecule has 0 saturated carbocycles. The number of anilines is 2. The van der Waals surface area contributed by atoms with Crippen LogP contribution in [-0.2, 0) is 0 Å². The molecule has 0 aliphatic carbocycles. The Hall–Kier alpha value is -2.31. The van der Waals surface area contributed by atoms with Crippen molar-refractivity contribution in [1.29, 1.82) is 0 Å². The first-order valence-electron chi connectivity index (χ1n) is 7.40. The molecule has 2 aromatic rings. The summed E-state index contributed by atoms with van der Waals surface area (Å²) in [4.78, 5) is 18.3. The van der Waals surface area contributed by atoms with E-state index in [2.05, 4.69) is 25.3 Å². The van der Waals surface area contributed by atoms with Gasteiger partial charge in [0.25, 0.3) is 0 Å². The van der Waals surface area contributed by atoms with Crippen molar-refractivity contribution in [3.63, 3.8) is 0 Å². The Morgan fingerprint density at radius 1 is 1.18 bits per heavy atom. The van der Waals surface area contributed by atoms with Crippen molar-refractivity contribution in [1.82, 2.24) is 19.9 Å². The van der Waals surface area contributed by atoms with E-state index >= 15 is 0 Å². The van der Waals surface area contributed by atoms with Crippen LogP contribution in [0.4, 0.5) is 16.0 Å². The molecule has 0 spiro atoms. The molecule has 7 heteroatoms. The Morgan fingerprint density at radius 2 is 2.00 bits per heavy atom. The normalized spacial score (nSPS) is 18.3. The maximum absolute atomic E-state index is 14.2. The molecule has 1 saturated heterocycles. The second kappa shape index (κ2) is 6.21. The van der Waals surface area contributed by atoms with Gasteiger partial charge in [0, 0.05) is 30.9 Å². The summed E-state index contributed by atoms with van der Waals surface area (Å²) in [5.74, 6) is 0.859. The molecular formula is C15H19FN6. The summed E-state index contributed by atoms with van der Waals surface area (Å²) in [5.41, 5.74) is 1.30. The molecule has 1 fully saturated rings. The highest BCUT2D eigenvalue weighted by atomic mass is 19.1. The largest absolute Gasteiger partial charge is 0.365 e. The number of hydrogen-bond acceptors (Lipinski definition) is 6. The first-order chi connectivity index (χ1) is 10.6. The predicted octanol–water partition coefficient (Wildman–Crippen LogP) is 2.10. The number of piperidine rings is 1. The number of nitrogens with zero attached hydrogens (tertiary/aromatic N) is 5. The Bertz CT molecular complexity index is 662. The molecule has 1 atom stereocenters. The molecule has 3 heterocycles. The van der Waals surface area contributed by atoms with E-state index in [1.165, 1.54) is 6.33 Å². The SMILES string of the molecule is Cc1cc(NC2CCCN(c3ncnc(C)c3F)C2)ncn1. The van der Waals surface area contributed by atoms with Crippen LogP contribution < -0.4 is 10.2 Å². The van der Waals surface area contributed by atoms with Gasteiger partial charge in [0.2, 0.25) is 0 Å². The van der Waals surface area contributed by atoms with Crippen LogP contribution in [0.5, 0.6) is 0 Å². The smallest absolute Gasteiger partial charge is 0.186 e. The summed E-state index contributed by atoms with van der Waals surface area (Å²) in [7, 11) is 0. The summed E-state index contributed by atoms with van der Waals surface area (Å²) in [6.07, 6.45) is 4.96. The zero-order chi connectivity index (χ0) is 15.5. The number of nitrogens with one attached hydrogen (secondary N) is 1. The van der Waals surface area contributed by atoms with E-state index in [1.54, 1.807) is 13.3 Å². The summed E-state index contributed by atoms with van der Waals surface area (Å²) in [6.45, 7) is 5.08. The molecule has 0 bridgehead atoms. The summed E-state index contributed by atoms with van der Waals surface area (Å²) in [5, 5.41) is 3.40. The van der Waals surface area contributed by atoms with E-state index < -0.39 is 0 Å². The van der Waals surface area contributed by atoms with E-state index in [1.807, 2.05) is 17.9 Å². The van der Waals surface area contributed by atoms with Crippen molar-refractivity contribution in [2.75, 3.05) is 23.3 Å². The lowest BCUT2D eigenvalue weighted by molar-refractivity contribution is 0.509. The van der Waals surface area contributed by atoms with E-state index in [-0.39, 0.29) is 11.9 Å². The van der Waals surface area contributed by atoms with Gasteiger partial charge in [-0.15, -0.1) is 0 Å². The number of aryl methyl sites for hydroxylation is 2. The van der Waals surface area contributed by atoms with Gasteiger partial charge < -0.3 is 10.2 Å². The van der Waals surface area contributed by atoms with E-state index in [0.717, 1.165) is 30.9 Å². The van der Waals surface area contributed by atoms with Crippen LogP contribution in [-0.4, -0.2) is 39.1 Å². The standard InChI is InChI=1S/C15H19FN6/c1-10-6-13(19-8-17-10)21-12-4-3-5-22(7-12)15-14(16)11(2)18-9-20-15/h6,8-9,12H,3-5,7H2,1-2H3,(H,17,19,21). The van der Waals surface area contributed by atoms with Crippen LogP contribution >= 0.6 is 0 Å². The fourth-order valence-corrected chi connectivity index (χ4v) is 2.70. The van der Waals surface area contributed by atoms with Gasteiger partial charge in [-0.3, -0.25) is 0 Å². The quantitative estimate of drug-likeness (QED) is 0.936. The van der Waals surface area contributed by atoms with Gasteiger partial charge >= 0.3 is 0 Å². The lowest BCUT2D eigenvalue weighted by Gasteiger charge is -2.34. The molecule has 116 valence electrons. The predicted molar refractivity (Wildman–Crippen MR) is 82.4 cm³/mol. The van der Waals surface area contributed by atoms with Crippen molar-refractivity contribution in [2.24, 2.45) is 0 Å². The number of halogens is 1. The van der Waals surface area contributed by atoms with Gasteiger partial charge in [0.1, 0.15) is 18.5 Å². The molecule has 3 rings (SSSR count). The summed E-state index contributed by atoms with van der Waals surface area (Å²) < 4.78 is 14.2. The molecule has 1 aliphatic heterocycles. The number of rotatable bonds is 3. The van der Waals surface area contributed by atoms with Crippen molar-refractivity contribution in [3.8, 4) is 0 Å². The third kappa shape index (κ3) is 3.13. The Morgan fingerprint density at radius 3 is 2.82 bits per heavy atom. The van der Waals surface area contributed by atoms with Gasteiger partial charge in [0.05, 0.1) is 5.69 Å². The molecule has 0 aromatic carbocycles. The third-order valence-electron chi connectivity index (χ3n) is 3.82. The van der Waals surface area contributed by atoms with Crippen molar-refractivity contribution in [3.05, 3.63) is 35.9 Å². The second-order valence-corrected chi connectivity index (χ2v) is 5.57. The fourth-order valence-electron chi connectivity index (χ4n) is 2.70. The van der Waals surface area contributed by atoms with E-state index in [4.69, 9.17) is 0 Å². The Kier molecular flexibility index (Phi) is 4.13. The lowest BCUT2D eigenvalue weighted by Crippen LogP contribution is -2.43. The van der Waals surface area contributed by atoms with Crippen LogP contribution in [0.1, 0.15) is 24.2 Å². The average molecular weight is 302 g/mol. The van der Waals surface area contributed by atoms with Crippen LogP contribution in [0.2, 0.25) is 0 Å². The summed E-state index contributed by atoms with van der Waals surface area (Å²) in [6, 6.07) is 2.12. The van der Waals surface area contributed by atoms with Gasteiger partial charge in [-0.05, 0) is 26.7 Å². The molecule has 1 aliphatic rings. The maximum Gasteiger partial charge on any atom is 0.186 e. The molecule has 6 nitrogen and oxygen atoms in total. The highest BCUT2D eigenvalue weighted by Gasteiger charge is 2.24. The topological polar surface area (TPSA) is 66.8 Å². The first-order valence-corrected chi connectivity index (χ1v) is 7.40. The minimum atomic E-state index is -0.332. The maximum atomic E-state index is 14.2. The molecule has 22 heavy (non-hydrogen) atoms. The van der Waals surface area contributed by atoms with Crippen LogP contribution in [0.3, 0.4) is 0 Å². The number of hydrogen-bond donors (Lipinski definition) is 1. The summed E-state index contributed by atoms with van der Waals surface area (Å²) >= 11 is 0. The number of aromatic nitrogens is 4. The van der Waals surface area contributed by atoms with E-state index in [9.17, 15) is 4.39 Å².